The van der Waals surface area contributed by atoms with Crippen LogP contribution in [0.25, 0.3) is 0 Å². The van der Waals surface area contributed by atoms with E-state index in [9.17, 15) is 9.18 Å². The third-order valence-electron chi connectivity index (χ3n) is 2.58. The number of aromatic nitrogens is 1. The normalized spacial score (nSPS) is 10.2. The Labute approximate surface area is 121 Å². The molecular formula is C14H13ClFN3O. The van der Waals surface area contributed by atoms with E-state index < -0.39 is 11.7 Å². The number of hydrogen-bond acceptors (Lipinski definition) is 3. The van der Waals surface area contributed by atoms with Crippen molar-refractivity contribution >= 4 is 29.0 Å². The predicted molar refractivity (Wildman–Crippen MR) is 77.8 cm³/mol. The highest BCUT2D eigenvalue weighted by Crippen LogP contribution is 2.25. The van der Waals surface area contributed by atoms with E-state index in [0.29, 0.717) is 17.9 Å². The standard InChI is InChI=1S/C14H13ClFN3O/c1-2-17-12-8-9(6-7-18-12)14(20)19-13-10(15)4-3-5-11(13)16/h3-8H,2H2,1H3,(H,17,18)(H,19,20). The Morgan fingerprint density at radius 1 is 1.40 bits per heavy atom. The second-order valence-corrected chi connectivity index (χ2v) is 4.42. The van der Waals surface area contributed by atoms with Crippen molar-refractivity contribution in [3.05, 3.63) is 52.9 Å². The predicted octanol–water partition coefficient (Wildman–Crippen LogP) is 3.56. The smallest absolute Gasteiger partial charge is 0.255 e. The summed E-state index contributed by atoms with van der Waals surface area (Å²) in [7, 11) is 0. The number of nitrogens with one attached hydrogen (secondary N) is 2. The van der Waals surface area contributed by atoms with Crippen molar-refractivity contribution in [3.8, 4) is 0 Å². The lowest BCUT2D eigenvalue weighted by molar-refractivity contribution is 0.102. The largest absolute Gasteiger partial charge is 0.370 e. The van der Waals surface area contributed by atoms with E-state index in [2.05, 4.69) is 15.6 Å². The molecule has 1 aromatic heterocycles. The van der Waals surface area contributed by atoms with Gasteiger partial charge in [-0.2, -0.15) is 0 Å². The summed E-state index contributed by atoms with van der Waals surface area (Å²) >= 11 is 5.86. The maximum atomic E-state index is 13.6. The number of pyridine rings is 1. The molecule has 0 aliphatic rings. The number of hydrogen-bond donors (Lipinski definition) is 2. The Morgan fingerprint density at radius 3 is 2.90 bits per heavy atom. The van der Waals surface area contributed by atoms with Crippen molar-refractivity contribution in [2.24, 2.45) is 0 Å². The fourth-order valence-electron chi connectivity index (χ4n) is 1.65. The molecule has 2 rings (SSSR count). The van der Waals surface area contributed by atoms with Crippen LogP contribution in [0.5, 0.6) is 0 Å². The molecule has 0 spiro atoms. The van der Waals surface area contributed by atoms with E-state index in [1.807, 2.05) is 6.92 Å². The van der Waals surface area contributed by atoms with Gasteiger partial charge in [0.15, 0.2) is 0 Å². The van der Waals surface area contributed by atoms with Crippen molar-refractivity contribution in [2.75, 3.05) is 17.2 Å². The van der Waals surface area contributed by atoms with Gasteiger partial charge in [-0.3, -0.25) is 4.79 Å². The van der Waals surface area contributed by atoms with E-state index >= 15 is 0 Å². The first-order valence-corrected chi connectivity index (χ1v) is 6.45. The molecule has 6 heteroatoms. The zero-order valence-electron chi connectivity index (χ0n) is 10.8. The summed E-state index contributed by atoms with van der Waals surface area (Å²) < 4.78 is 13.6. The summed E-state index contributed by atoms with van der Waals surface area (Å²) in [5.41, 5.74) is 0.344. The molecule has 0 fully saturated rings. The summed E-state index contributed by atoms with van der Waals surface area (Å²) in [6.07, 6.45) is 1.51. The molecule has 1 heterocycles. The summed E-state index contributed by atoms with van der Waals surface area (Å²) in [5, 5.41) is 5.61. The maximum absolute atomic E-state index is 13.6. The average molecular weight is 294 g/mol. The number of carbonyl (C=O) groups is 1. The molecule has 4 nitrogen and oxygen atoms in total. The highest BCUT2D eigenvalue weighted by Gasteiger charge is 2.12. The molecule has 0 unspecified atom stereocenters. The third-order valence-corrected chi connectivity index (χ3v) is 2.90. The van der Waals surface area contributed by atoms with Gasteiger partial charge in [-0.15, -0.1) is 0 Å². The fourth-order valence-corrected chi connectivity index (χ4v) is 1.86. The molecule has 0 atom stereocenters. The number of halogens is 2. The Kier molecular flexibility index (Phi) is 4.53. The van der Waals surface area contributed by atoms with Crippen LogP contribution in [0.4, 0.5) is 15.9 Å². The molecule has 0 aliphatic heterocycles. The second-order valence-electron chi connectivity index (χ2n) is 4.01. The zero-order chi connectivity index (χ0) is 14.5. The topological polar surface area (TPSA) is 54.0 Å². The van der Waals surface area contributed by atoms with E-state index in [4.69, 9.17) is 11.6 Å². The Balaban J connectivity index is 2.22. The number of para-hydroxylation sites is 1. The van der Waals surface area contributed by atoms with Crippen LogP contribution in [0.3, 0.4) is 0 Å². The van der Waals surface area contributed by atoms with Gasteiger partial charge in [0, 0.05) is 18.3 Å². The molecule has 104 valence electrons. The van der Waals surface area contributed by atoms with Crippen LogP contribution in [-0.4, -0.2) is 17.4 Å². The van der Waals surface area contributed by atoms with Gasteiger partial charge in [-0.05, 0) is 31.2 Å². The molecule has 2 aromatic rings. The minimum absolute atomic E-state index is 0.0269. The maximum Gasteiger partial charge on any atom is 0.255 e. The van der Waals surface area contributed by atoms with Crippen molar-refractivity contribution in [1.29, 1.82) is 0 Å². The Morgan fingerprint density at radius 2 is 2.20 bits per heavy atom. The second kappa shape index (κ2) is 6.34. The van der Waals surface area contributed by atoms with E-state index in [0.717, 1.165) is 0 Å². The highest BCUT2D eigenvalue weighted by atomic mass is 35.5. The summed E-state index contributed by atoms with van der Waals surface area (Å²) in [4.78, 5) is 16.1. The number of rotatable bonds is 4. The lowest BCUT2D eigenvalue weighted by Crippen LogP contribution is -2.14. The Bertz CT molecular complexity index is 613. The van der Waals surface area contributed by atoms with E-state index in [1.54, 1.807) is 12.1 Å². The molecule has 1 aromatic carbocycles. The van der Waals surface area contributed by atoms with Crippen LogP contribution in [0.1, 0.15) is 17.3 Å². The van der Waals surface area contributed by atoms with E-state index in [1.165, 1.54) is 24.4 Å². The van der Waals surface area contributed by atoms with Crippen LogP contribution < -0.4 is 10.6 Å². The van der Waals surface area contributed by atoms with E-state index in [-0.39, 0.29) is 10.7 Å². The lowest BCUT2D eigenvalue weighted by atomic mass is 10.2. The minimum Gasteiger partial charge on any atom is -0.370 e. The Hall–Kier alpha value is -2.14. The van der Waals surface area contributed by atoms with Crippen LogP contribution in [0.15, 0.2) is 36.5 Å². The third kappa shape index (κ3) is 3.24. The molecule has 0 saturated carbocycles. The molecule has 20 heavy (non-hydrogen) atoms. The summed E-state index contributed by atoms with van der Waals surface area (Å²) in [5.74, 6) is -0.440. The van der Waals surface area contributed by atoms with Crippen molar-refractivity contribution in [3.63, 3.8) is 0 Å². The first kappa shape index (κ1) is 14.3. The summed E-state index contributed by atoms with van der Waals surface area (Å²) in [6.45, 7) is 2.62. The van der Waals surface area contributed by atoms with Crippen LogP contribution in [0.2, 0.25) is 5.02 Å². The van der Waals surface area contributed by atoms with Crippen LogP contribution in [0, 0.1) is 5.82 Å². The lowest BCUT2D eigenvalue weighted by Gasteiger charge is -2.09. The van der Waals surface area contributed by atoms with Gasteiger partial charge < -0.3 is 10.6 Å². The molecule has 0 aliphatic carbocycles. The fraction of sp³-hybridized carbons (Fsp3) is 0.143. The highest BCUT2D eigenvalue weighted by molar-refractivity contribution is 6.34. The quantitative estimate of drug-likeness (QED) is 0.906. The van der Waals surface area contributed by atoms with Gasteiger partial charge in [-0.1, -0.05) is 17.7 Å². The van der Waals surface area contributed by atoms with Gasteiger partial charge in [0.1, 0.15) is 11.6 Å². The number of nitrogens with zero attached hydrogens (tertiary/aromatic N) is 1. The SMILES string of the molecule is CCNc1cc(C(=O)Nc2c(F)cccc2Cl)ccn1. The van der Waals surface area contributed by atoms with Gasteiger partial charge in [0.05, 0.1) is 10.7 Å². The first-order chi connectivity index (χ1) is 9.61. The molecule has 2 N–H and O–H groups in total. The van der Waals surface area contributed by atoms with Crippen LogP contribution in [-0.2, 0) is 0 Å². The first-order valence-electron chi connectivity index (χ1n) is 6.07. The average Bonchev–Trinajstić information content (AvgIpc) is 2.43. The zero-order valence-corrected chi connectivity index (χ0v) is 11.5. The monoisotopic (exact) mass is 293 g/mol. The van der Waals surface area contributed by atoms with Gasteiger partial charge in [-0.25, -0.2) is 9.37 Å². The number of amides is 1. The summed E-state index contributed by atoms with van der Waals surface area (Å²) in [6, 6.07) is 7.36. The molecular weight excluding hydrogens is 281 g/mol. The molecule has 1 amide bonds. The molecule has 0 saturated heterocycles. The van der Waals surface area contributed by atoms with Gasteiger partial charge in [0.2, 0.25) is 0 Å². The van der Waals surface area contributed by atoms with Gasteiger partial charge in [0.25, 0.3) is 5.91 Å². The number of anilines is 2. The minimum atomic E-state index is -0.577. The molecule has 0 bridgehead atoms. The van der Waals surface area contributed by atoms with Crippen molar-refractivity contribution in [1.82, 2.24) is 4.98 Å². The number of benzene rings is 1. The van der Waals surface area contributed by atoms with Crippen LogP contribution >= 0.6 is 11.6 Å². The molecule has 0 radical (unpaired) electrons. The van der Waals surface area contributed by atoms with Crippen molar-refractivity contribution < 1.29 is 9.18 Å². The number of carbonyl (C=O) groups excluding carboxylic acids is 1. The van der Waals surface area contributed by atoms with Crippen molar-refractivity contribution in [2.45, 2.75) is 6.92 Å². The van der Waals surface area contributed by atoms with Gasteiger partial charge >= 0.3 is 0 Å².